The molecule has 96 valence electrons. The van der Waals surface area contributed by atoms with Gasteiger partial charge in [-0.05, 0) is 37.1 Å². The number of fused-ring (bicyclic) bond motifs is 1. The molecule has 2 aromatic heterocycles. The maximum atomic E-state index is 5.81. The number of thiophene rings is 1. The maximum absolute atomic E-state index is 5.81. The molecule has 3 heterocycles. The van der Waals surface area contributed by atoms with E-state index in [2.05, 4.69) is 26.3 Å². The van der Waals surface area contributed by atoms with Crippen molar-refractivity contribution >= 4 is 39.0 Å². The fourth-order valence-electron chi connectivity index (χ4n) is 2.73. The van der Waals surface area contributed by atoms with Crippen molar-refractivity contribution in [3.8, 4) is 0 Å². The van der Waals surface area contributed by atoms with Gasteiger partial charge in [-0.1, -0.05) is 0 Å². The summed E-state index contributed by atoms with van der Waals surface area (Å²) in [5.74, 6) is 1.86. The summed E-state index contributed by atoms with van der Waals surface area (Å²) < 4.78 is 0. The van der Waals surface area contributed by atoms with E-state index in [9.17, 15) is 0 Å². The molecule has 5 heteroatoms. The van der Waals surface area contributed by atoms with Crippen LogP contribution in [0.2, 0.25) is 0 Å². The van der Waals surface area contributed by atoms with Gasteiger partial charge in [0.25, 0.3) is 0 Å². The minimum atomic E-state index is 0.599. The second-order valence-corrected chi connectivity index (χ2v) is 5.93. The largest absolute Gasteiger partial charge is 0.353 e. The zero-order valence-electron chi connectivity index (χ0n) is 10.2. The van der Waals surface area contributed by atoms with Crippen molar-refractivity contribution < 1.29 is 0 Å². The van der Waals surface area contributed by atoms with Crippen LogP contribution in [0.15, 0.2) is 17.8 Å². The first kappa shape index (κ1) is 12.2. The van der Waals surface area contributed by atoms with Crippen LogP contribution in [0.3, 0.4) is 0 Å². The van der Waals surface area contributed by atoms with Gasteiger partial charge < -0.3 is 4.90 Å². The molecule has 3 rings (SSSR count). The number of hydrogen-bond acceptors (Lipinski definition) is 4. The van der Waals surface area contributed by atoms with Gasteiger partial charge in [0.1, 0.15) is 17.0 Å². The van der Waals surface area contributed by atoms with Gasteiger partial charge in [0.2, 0.25) is 0 Å². The highest BCUT2D eigenvalue weighted by Gasteiger charge is 2.26. The summed E-state index contributed by atoms with van der Waals surface area (Å²) in [6.07, 6.45) is 6.44. The van der Waals surface area contributed by atoms with E-state index in [4.69, 9.17) is 11.6 Å². The van der Waals surface area contributed by atoms with Crippen LogP contribution in [0, 0.1) is 0 Å². The molecule has 0 aliphatic carbocycles. The van der Waals surface area contributed by atoms with Crippen LogP contribution in [-0.2, 0) is 0 Å². The molecule has 0 aromatic carbocycles. The first-order chi connectivity index (χ1) is 8.90. The monoisotopic (exact) mass is 281 g/mol. The Balaban J connectivity index is 1.90. The van der Waals surface area contributed by atoms with E-state index in [-0.39, 0.29) is 0 Å². The van der Waals surface area contributed by atoms with Gasteiger partial charge in [0, 0.05) is 18.5 Å². The summed E-state index contributed by atoms with van der Waals surface area (Å²) >= 11 is 7.49. The van der Waals surface area contributed by atoms with Gasteiger partial charge in [-0.2, -0.15) is 0 Å². The molecule has 0 saturated carbocycles. The van der Waals surface area contributed by atoms with Crippen LogP contribution in [-0.4, -0.2) is 28.4 Å². The van der Waals surface area contributed by atoms with Crippen molar-refractivity contribution in [3.63, 3.8) is 0 Å². The molecule has 3 nitrogen and oxygen atoms in total. The SMILES string of the molecule is ClCCCC1CCCN1c1ncnc2sccc12. The lowest BCUT2D eigenvalue weighted by atomic mass is 10.1. The first-order valence-electron chi connectivity index (χ1n) is 6.41. The predicted octanol–water partition coefficient (Wildman–Crippen LogP) is 3.68. The second kappa shape index (κ2) is 5.41. The van der Waals surface area contributed by atoms with E-state index in [1.54, 1.807) is 17.7 Å². The standard InChI is InChI=1S/C13H16ClN3S/c14-6-1-3-10-4-2-7-17(10)12-11-5-8-18-13(11)16-9-15-12/h5,8-10H,1-4,6-7H2. The molecule has 1 aliphatic rings. The maximum Gasteiger partial charge on any atom is 0.141 e. The zero-order chi connectivity index (χ0) is 12.4. The summed E-state index contributed by atoms with van der Waals surface area (Å²) in [6.45, 7) is 1.11. The normalized spacial score (nSPS) is 19.8. The highest BCUT2D eigenvalue weighted by Crippen LogP contribution is 2.32. The number of nitrogens with zero attached hydrogens (tertiary/aromatic N) is 3. The fraction of sp³-hybridized carbons (Fsp3) is 0.538. The zero-order valence-corrected chi connectivity index (χ0v) is 11.8. The molecule has 1 fully saturated rings. The topological polar surface area (TPSA) is 29.0 Å². The van der Waals surface area contributed by atoms with Crippen LogP contribution < -0.4 is 4.90 Å². The molecular formula is C13H16ClN3S. The molecule has 1 saturated heterocycles. The Bertz CT molecular complexity index is 528. The van der Waals surface area contributed by atoms with Crippen molar-refractivity contribution in [2.75, 3.05) is 17.3 Å². The molecule has 18 heavy (non-hydrogen) atoms. The molecule has 1 atom stereocenters. The number of halogens is 1. The van der Waals surface area contributed by atoms with Crippen molar-refractivity contribution in [1.29, 1.82) is 0 Å². The van der Waals surface area contributed by atoms with Gasteiger partial charge in [0.15, 0.2) is 0 Å². The van der Waals surface area contributed by atoms with Gasteiger partial charge in [-0.25, -0.2) is 9.97 Å². The first-order valence-corrected chi connectivity index (χ1v) is 7.82. The summed E-state index contributed by atoms with van der Waals surface area (Å²) in [6, 6.07) is 2.73. The Morgan fingerprint density at radius 3 is 3.28 bits per heavy atom. The lowest BCUT2D eigenvalue weighted by molar-refractivity contribution is 0.599. The summed E-state index contributed by atoms with van der Waals surface area (Å²) in [7, 11) is 0. The second-order valence-electron chi connectivity index (χ2n) is 4.66. The number of anilines is 1. The Morgan fingerprint density at radius 1 is 1.44 bits per heavy atom. The molecular weight excluding hydrogens is 266 g/mol. The Hall–Kier alpha value is -0.870. The minimum Gasteiger partial charge on any atom is -0.353 e. The van der Waals surface area contributed by atoms with Gasteiger partial charge in [-0.15, -0.1) is 22.9 Å². The summed E-state index contributed by atoms with van der Waals surface area (Å²) in [5.41, 5.74) is 0. The number of hydrogen-bond donors (Lipinski definition) is 0. The van der Waals surface area contributed by atoms with Gasteiger partial charge >= 0.3 is 0 Å². The van der Waals surface area contributed by atoms with Crippen molar-refractivity contribution in [3.05, 3.63) is 17.8 Å². The molecule has 0 amide bonds. The fourth-order valence-corrected chi connectivity index (χ4v) is 3.61. The molecule has 0 radical (unpaired) electrons. The van der Waals surface area contributed by atoms with E-state index in [1.165, 1.54) is 24.6 Å². The molecule has 0 bridgehead atoms. The summed E-state index contributed by atoms with van der Waals surface area (Å²) in [5, 5.41) is 3.28. The highest BCUT2D eigenvalue weighted by atomic mass is 35.5. The lowest BCUT2D eigenvalue weighted by Crippen LogP contribution is -2.30. The van der Waals surface area contributed by atoms with Crippen LogP contribution >= 0.6 is 22.9 Å². The van der Waals surface area contributed by atoms with E-state index >= 15 is 0 Å². The average Bonchev–Trinajstić information content (AvgIpc) is 3.04. The molecule has 1 unspecified atom stereocenters. The Morgan fingerprint density at radius 2 is 2.39 bits per heavy atom. The molecule has 0 spiro atoms. The highest BCUT2D eigenvalue weighted by molar-refractivity contribution is 7.16. The van der Waals surface area contributed by atoms with E-state index < -0.39 is 0 Å². The Labute approximate surface area is 116 Å². The minimum absolute atomic E-state index is 0.599. The molecule has 1 aliphatic heterocycles. The van der Waals surface area contributed by atoms with Gasteiger partial charge in [-0.3, -0.25) is 0 Å². The lowest BCUT2D eigenvalue weighted by Gasteiger charge is -2.26. The third kappa shape index (κ3) is 2.19. The average molecular weight is 282 g/mol. The van der Waals surface area contributed by atoms with Crippen LogP contribution in [0.5, 0.6) is 0 Å². The van der Waals surface area contributed by atoms with Crippen molar-refractivity contribution in [2.45, 2.75) is 31.7 Å². The number of alkyl halides is 1. The quantitative estimate of drug-likeness (QED) is 0.801. The van der Waals surface area contributed by atoms with E-state index in [1.807, 2.05) is 0 Å². The number of rotatable bonds is 4. The summed E-state index contributed by atoms with van der Waals surface area (Å²) in [4.78, 5) is 12.4. The van der Waals surface area contributed by atoms with Crippen LogP contribution in [0.25, 0.3) is 10.2 Å². The molecule has 0 N–H and O–H groups in total. The number of aromatic nitrogens is 2. The third-order valence-electron chi connectivity index (χ3n) is 3.56. The van der Waals surface area contributed by atoms with Crippen molar-refractivity contribution in [1.82, 2.24) is 9.97 Å². The van der Waals surface area contributed by atoms with Crippen LogP contribution in [0.4, 0.5) is 5.82 Å². The predicted molar refractivity (Wildman–Crippen MR) is 77.7 cm³/mol. The van der Waals surface area contributed by atoms with Crippen LogP contribution in [0.1, 0.15) is 25.7 Å². The smallest absolute Gasteiger partial charge is 0.141 e. The van der Waals surface area contributed by atoms with E-state index in [0.29, 0.717) is 6.04 Å². The Kier molecular flexibility index (Phi) is 3.66. The van der Waals surface area contributed by atoms with Crippen molar-refractivity contribution in [2.24, 2.45) is 0 Å². The van der Waals surface area contributed by atoms with E-state index in [0.717, 1.165) is 29.5 Å². The van der Waals surface area contributed by atoms with Gasteiger partial charge in [0.05, 0.1) is 5.39 Å². The molecule has 2 aromatic rings. The third-order valence-corrected chi connectivity index (χ3v) is 4.65.